The van der Waals surface area contributed by atoms with Crippen LogP contribution in [0, 0.1) is 11.8 Å². The lowest BCUT2D eigenvalue weighted by atomic mass is 10.1. The first-order valence-corrected chi connectivity index (χ1v) is 9.15. The van der Waals surface area contributed by atoms with E-state index in [1.807, 2.05) is 32.0 Å². The van der Waals surface area contributed by atoms with E-state index in [0.717, 1.165) is 30.4 Å². The Morgan fingerprint density at radius 1 is 1.15 bits per heavy atom. The molecule has 0 spiro atoms. The molecule has 3 N–H and O–H groups in total. The summed E-state index contributed by atoms with van der Waals surface area (Å²) in [6.07, 6.45) is 2.62. The summed E-state index contributed by atoms with van der Waals surface area (Å²) >= 11 is 0. The summed E-state index contributed by atoms with van der Waals surface area (Å²) in [4.78, 5) is 28.8. The summed E-state index contributed by atoms with van der Waals surface area (Å²) in [6.45, 7) is 6.31. The lowest BCUT2D eigenvalue weighted by Crippen LogP contribution is -2.50. The number of anilines is 2. The van der Waals surface area contributed by atoms with Crippen molar-refractivity contribution in [2.24, 2.45) is 17.6 Å². The fourth-order valence-corrected chi connectivity index (χ4v) is 3.16. The molecule has 0 unspecified atom stereocenters. The van der Waals surface area contributed by atoms with Gasteiger partial charge in [-0.3, -0.25) is 9.59 Å². The smallest absolute Gasteiger partial charge is 0.246 e. The zero-order valence-electron chi connectivity index (χ0n) is 15.9. The predicted octanol–water partition coefficient (Wildman–Crippen LogP) is 2.19. The Morgan fingerprint density at radius 2 is 1.78 bits per heavy atom. The molecule has 0 aromatic heterocycles. The standard InChI is InChI=1S/C19H28N4O2.2ClH/c1-13(2)18(20)19(25)21-11-17(24)23-10-9-22(12-14-7-8-14)15-5-3-4-6-16(15)23;;/h3-6,13-14,18H,7-12,20H2,1-2H3,(H,21,25);2*1H/t18-;;/m0../s1. The van der Waals surface area contributed by atoms with Gasteiger partial charge in [-0.15, -0.1) is 24.8 Å². The molecule has 1 fully saturated rings. The lowest BCUT2D eigenvalue weighted by Gasteiger charge is -2.38. The largest absolute Gasteiger partial charge is 0.368 e. The third kappa shape index (κ3) is 5.74. The van der Waals surface area contributed by atoms with Gasteiger partial charge in [0.1, 0.15) is 0 Å². The van der Waals surface area contributed by atoms with Crippen molar-refractivity contribution in [2.75, 3.05) is 36.0 Å². The van der Waals surface area contributed by atoms with Crippen molar-refractivity contribution in [1.82, 2.24) is 5.32 Å². The molecule has 1 aliphatic carbocycles. The van der Waals surface area contributed by atoms with Crippen molar-refractivity contribution in [3.8, 4) is 0 Å². The van der Waals surface area contributed by atoms with E-state index in [2.05, 4.69) is 16.3 Å². The zero-order valence-corrected chi connectivity index (χ0v) is 17.5. The highest BCUT2D eigenvalue weighted by Gasteiger charge is 2.31. The second kappa shape index (κ2) is 10.2. The molecule has 1 heterocycles. The van der Waals surface area contributed by atoms with Gasteiger partial charge in [0.25, 0.3) is 0 Å². The van der Waals surface area contributed by atoms with Crippen LogP contribution < -0.4 is 20.9 Å². The summed E-state index contributed by atoms with van der Waals surface area (Å²) in [5, 5.41) is 2.68. The number of fused-ring (bicyclic) bond motifs is 1. The number of rotatable bonds is 6. The number of halogens is 2. The van der Waals surface area contributed by atoms with Crippen molar-refractivity contribution >= 4 is 48.0 Å². The number of carbonyl (C=O) groups is 2. The fourth-order valence-electron chi connectivity index (χ4n) is 3.16. The topological polar surface area (TPSA) is 78.7 Å². The van der Waals surface area contributed by atoms with Crippen LogP contribution in [-0.4, -0.2) is 44.0 Å². The Morgan fingerprint density at radius 3 is 2.37 bits per heavy atom. The average molecular weight is 417 g/mol. The molecule has 152 valence electrons. The predicted molar refractivity (Wildman–Crippen MR) is 114 cm³/mol. The van der Waals surface area contributed by atoms with Gasteiger partial charge in [0.05, 0.1) is 24.0 Å². The van der Waals surface area contributed by atoms with Crippen LogP contribution in [0.3, 0.4) is 0 Å². The van der Waals surface area contributed by atoms with E-state index in [1.54, 1.807) is 4.90 Å². The highest BCUT2D eigenvalue weighted by molar-refractivity contribution is 6.00. The minimum Gasteiger partial charge on any atom is -0.368 e. The van der Waals surface area contributed by atoms with E-state index in [-0.39, 0.29) is 49.1 Å². The molecule has 1 aromatic carbocycles. The van der Waals surface area contributed by atoms with E-state index in [9.17, 15) is 9.59 Å². The normalized spacial score (nSPS) is 16.7. The second-order valence-electron chi connectivity index (χ2n) is 7.41. The third-order valence-corrected chi connectivity index (χ3v) is 5.02. The van der Waals surface area contributed by atoms with Gasteiger partial charge in [0.2, 0.25) is 11.8 Å². The van der Waals surface area contributed by atoms with Gasteiger partial charge < -0.3 is 20.9 Å². The van der Waals surface area contributed by atoms with Gasteiger partial charge in [0, 0.05) is 19.6 Å². The number of benzene rings is 1. The van der Waals surface area contributed by atoms with Crippen molar-refractivity contribution in [2.45, 2.75) is 32.7 Å². The number of nitrogens with one attached hydrogen (secondary N) is 1. The number of nitrogens with zero attached hydrogens (tertiary/aromatic N) is 2. The van der Waals surface area contributed by atoms with E-state index in [0.29, 0.717) is 6.54 Å². The first kappa shape index (κ1) is 23.5. The first-order valence-electron chi connectivity index (χ1n) is 9.15. The van der Waals surface area contributed by atoms with Crippen LogP contribution >= 0.6 is 24.8 Å². The molecule has 0 saturated heterocycles. The number of carbonyl (C=O) groups excluding carboxylic acids is 2. The number of amides is 2. The van der Waals surface area contributed by atoms with E-state index in [4.69, 9.17) is 5.73 Å². The van der Waals surface area contributed by atoms with Crippen molar-refractivity contribution in [3.05, 3.63) is 24.3 Å². The minimum atomic E-state index is -0.588. The van der Waals surface area contributed by atoms with E-state index in [1.165, 1.54) is 12.8 Å². The Balaban J connectivity index is 0.00000182. The molecule has 6 nitrogen and oxygen atoms in total. The molecule has 2 amide bonds. The maximum absolute atomic E-state index is 12.7. The van der Waals surface area contributed by atoms with Crippen LogP contribution in [0.2, 0.25) is 0 Å². The van der Waals surface area contributed by atoms with E-state index < -0.39 is 6.04 Å². The van der Waals surface area contributed by atoms with Crippen molar-refractivity contribution in [3.63, 3.8) is 0 Å². The molecule has 3 rings (SSSR count). The molecule has 1 saturated carbocycles. The van der Waals surface area contributed by atoms with Crippen LogP contribution in [0.1, 0.15) is 26.7 Å². The molecule has 2 aliphatic rings. The molecule has 1 aliphatic heterocycles. The highest BCUT2D eigenvalue weighted by atomic mass is 35.5. The maximum atomic E-state index is 12.7. The van der Waals surface area contributed by atoms with Crippen LogP contribution in [-0.2, 0) is 9.59 Å². The quantitative estimate of drug-likeness (QED) is 0.744. The summed E-state index contributed by atoms with van der Waals surface area (Å²) in [5.74, 6) is 0.473. The van der Waals surface area contributed by atoms with Crippen LogP contribution in [0.25, 0.3) is 0 Å². The van der Waals surface area contributed by atoms with E-state index >= 15 is 0 Å². The molecular weight excluding hydrogens is 387 g/mol. The second-order valence-corrected chi connectivity index (χ2v) is 7.41. The van der Waals surface area contributed by atoms with Crippen molar-refractivity contribution < 1.29 is 9.59 Å². The molecule has 27 heavy (non-hydrogen) atoms. The summed E-state index contributed by atoms with van der Waals surface area (Å²) in [6, 6.07) is 7.43. The molecule has 0 bridgehead atoms. The Hall–Kier alpha value is -1.50. The Bertz CT molecular complexity index is 652. The van der Waals surface area contributed by atoms with Gasteiger partial charge in [-0.1, -0.05) is 26.0 Å². The number of hydrogen-bond donors (Lipinski definition) is 2. The van der Waals surface area contributed by atoms with Crippen molar-refractivity contribution in [1.29, 1.82) is 0 Å². The monoisotopic (exact) mass is 416 g/mol. The zero-order chi connectivity index (χ0) is 18.0. The maximum Gasteiger partial charge on any atom is 0.246 e. The van der Waals surface area contributed by atoms with Crippen LogP contribution in [0.5, 0.6) is 0 Å². The minimum absolute atomic E-state index is 0. The molecular formula is C19H30Cl2N4O2. The van der Waals surface area contributed by atoms with Crippen LogP contribution in [0.4, 0.5) is 11.4 Å². The highest BCUT2D eigenvalue weighted by Crippen LogP contribution is 2.37. The number of hydrogen-bond acceptors (Lipinski definition) is 4. The van der Waals surface area contributed by atoms with Gasteiger partial charge >= 0.3 is 0 Å². The fraction of sp³-hybridized carbons (Fsp3) is 0.579. The Kier molecular flexibility index (Phi) is 8.85. The third-order valence-electron chi connectivity index (χ3n) is 5.02. The molecule has 0 radical (unpaired) electrons. The van der Waals surface area contributed by atoms with Gasteiger partial charge in [-0.25, -0.2) is 0 Å². The first-order chi connectivity index (χ1) is 12.0. The van der Waals surface area contributed by atoms with Crippen LogP contribution in [0.15, 0.2) is 24.3 Å². The number of para-hydroxylation sites is 2. The summed E-state index contributed by atoms with van der Waals surface area (Å²) in [5.41, 5.74) is 7.87. The molecule has 1 atom stereocenters. The Labute approximate surface area is 173 Å². The molecule has 8 heteroatoms. The summed E-state index contributed by atoms with van der Waals surface area (Å²) in [7, 11) is 0. The number of nitrogens with two attached hydrogens (primary N) is 1. The SMILES string of the molecule is CC(C)[C@H](N)C(=O)NCC(=O)N1CCN(CC2CC2)c2ccccc21.Cl.Cl. The van der Waals surface area contributed by atoms with Gasteiger partial charge in [-0.2, -0.15) is 0 Å². The lowest BCUT2D eigenvalue weighted by molar-refractivity contribution is -0.126. The average Bonchev–Trinajstić information content (AvgIpc) is 3.43. The summed E-state index contributed by atoms with van der Waals surface area (Å²) < 4.78 is 0. The van der Waals surface area contributed by atoms with Gasteiger partial charge in [0.15, 0.2) is 0 Å². The van der Waals surface area contributed by atoms with Gasteiger partial charge in [-0.05, 0) is 36.8 Å². The molecule has 1 aromatic rings.